The Morgan fingerprint density at radius 1 is 1.42 bits per heavy atom. The first-order valence-electron chi connectivity index (χ1n) is 8.28. The number of hydrogen-bond donors (Lipinski definition) is 1. The average Bonchev–Trinajstić information content (AvgIpc) is 2.91. The number of thiophene rings is 1. The van der Waals surface area contributed by atoms with Gasteiger partial charge < -0.3 is 15.4 Å². The Labute approximate surface area is 145 Å². The van der Waals surface area contributed by atoms with Gasteiger partial charge in [0, 0.05) is 13.2 Å². The molecule has 0 saturated carbocycles. The summed E-state index contributed by atoms with van der Waals surface area (Å²) in [6.07, 6.45) is 3.33. The Balaban J connectivity index is 2.03. The van der Waals surface area contributed by atoms with E-state index in [2.05, 4.69) is 6.58 Å². The van der Waals surface area contributed by atoms with Crippen molar-refractivity contribution in [3.63, 3.8) is 0 Å². The predicted octanol–water partition coefficient (Wildman–Crippen LogP) is 2.48. The van der Waals surface area contributed by atoms with Gasteiger partial charge in [0.15, 0.2) is 0 Å². The quantitative estimate of drug-likeness (QED) is 0.906. The van der Waals surface area contributed by atoms with Crippen molar-refractivity contribution < 1.29 is 14.3 Å². The van der Waals surface area contributed by atoms with E-state index in [1.165, 1.54) is 11.3 Å². The maximum atomic E-state index is 12.8. The van der Waals surface area contributed by atoms with Gasteiger partial charge >= 0.3 is 0 Å². The van der Waals surface area contributed by atoms with Gasteiger partial charge in [-0.3, -0.25) is 14.5 Å². The van der Waals surface area contributed by atoms with Gasteiger partial charge in [0.1, 0.15) is 10.8 Å². The van der Waals surface area contributed by atoms with Crippen LogP contribution in [0.1, 0.15) is 51.8 Å². The summed E-state index contributed by atoms with van der Waals surface area (Å²) in [7, 11) is 0. The third-order valence-electron chi connectivity index (χ3n) is 4.66. The molecule has 3 heterocycles. The molecule has 7 heteroatoms. The van der Waals surface area contributed by atoms with Crippen molar-refractivity contribution in [1.29, 1.82) is 0 Å². The largest absolute Gasteiger partial charge is 0.376 e. The van der Waals surface area contributed by atoms with Crippen LogP contribution in [0.2, 0.25) is 0 Å². The number of fused-ring (bicyclic) bond motifs is 1. The molecule has 24 heavy (non-hydrogen) atoms. The van der Waals surface area contributed by atoms with Crippen molar-refractivity contribution in [2.75, 3.05) is 24.6 Å². The minimum absolute atomic E-state index is 0.106. The molecular weight excluding hydrogens is 326 g/mol. The van der Waals surface area contributed by atoms with Crippen molar-refractivity contribution in [3.8, 4) is 0 Å². The van der Waals surface area contributed by atoms with Crippen LogP contribution in [0.15, 0.2) is 12.4 Å². The van der Waals surface area contributed by atoms with Gasteiger partial charge in [-0.1, -0.05) is 6.58 Å². The van der Waals surface area contributed by atoms with Gasteiger partial charge in [0.2, 0.25) is 0 Å². The fraction of sp³-hybridized carbons (Fsp3) is 0.529. The minimum Gasteiger partial charge on any atom is -0.376 e. The molecule has 0 spiro atoms. The zero-order chi connectivity index (χ0) is 17.4. The van der Waals surface area contributed by atoms with Gasteiger partial charge in [-0.15, -0.1) is 11.3 Å². The highest BCUT2D eigenvalue weighted by molar-refractivity contribution is 7.18. The number of nitrogens with zero attached hydrogens (tertiary/aromatic N) is 2. The molecule has 2 aliphatic heterocycles. The first kappa shape index (κ1) is 17.0. The summed E-state index contributed by atoms with van der Waals surface area (Å²) in [5.41, 5.74) is 6.71. The van der Waals surface area contributed by atoms with E-state index in [1.807, 2.05) is 11.8 Å². The summed E-state index contributed by atoms with van der Waals surface area (Å²) < 4.78 is 5.85. The fourth-order valence-corrected chi connectivity index (χ4v) is 4.54. The summed E-state index contributed by atoms with van der Waals surface area (Å²) in [5.74, 6) is 0.0308. The van der Waals surface area contributed by atoms with E-state index in [-0.39, 0.29) is 12.0 Å². The summed E-state index contributed by atoms with van der Waals surface area (Å²) in [5, 5.41) is 0.759. The monoisotopic (exact) mass is 349 g/mol. The predicted molar refractivity (Wildman–Crippen MR) is 94.4 cm³/mol. The van der Waals surface area contributed by atoms with E-state index in [0.29, 0.717) is 34.9 Å². The number of rotatable bonds is 4. The van der Waals surface area contributed by atoms with Crippen LogP contribution in [0.3, 0.4) is 0 Å². The Morgan fingerprint density at radius 2 is 2.17 bits per heavy atom. The van der Waals surface area contributed by atoms with Crippen LogP contribution < -0.4 is 10.6 Å². The van der Waals surface area contributed by atoms with E-state index in [0.717, 1.165) is 30.9 Å². The van der Waals surface area contributed by atoms with Crippen LogP contribution in [-0.2, 0) is 4.74 Å². The SMILES string of the molecule is C=C1N(CC)C(=O)c2c(sc(C(N)=O)c2C)N1CC1CCCCO1. The van der Waals surface area contributed by atoms with Gasteiger partial charge in [-0.05, 0) is 38.7 Å². The van der Waals surface area contributed by atoms with Crippen LogP contribution >= 0.6 is 11.3 Å². The van der Waals surface area contributed by atoms with E-state index in [1.54, 1.807) is 11.8 Å². The van der Waals surface area contributed by atoms with Gasteiger partial charge in [-0.25, -0.2) is 0 Å². The molecule has 0 aliphatic carbocycles. The topological polar surface area (TPSA) is 75.9 Å². The van der Waals surface area contributed by atoms with E-state index in [4.69, 9.17) is 10.5 Å². The van der Waals surface area contributed by atoms with Crippen molar-refractivity contribution in [2.45, 2.75) is 39.2 Å². The van der Waals surface area contributed by atoms with E-state index in [9.17, 15) is 9.59 Å². The molecule has 130 valence electrons. The van der Waals surface area contributed by atoms with Gasteiger partial charge in [0.05, 0.1) is 23.1 Å². The highest BCUT2D eigenvalue weighted by Crippen LogP contribution is 2.42. The lowest BCUT2D eigenvalue weighted by atomic mass is 10.1. The summed E-state index contributed by atoms with van der Waals surface area (Å²) >= 11 is 1.27. The molecule has 2 N–H and O–H groups in total. The molecule has 0 aromatic carbocycles. The first-order valence-corrected chi connectivity index (χ1v) is 9.10. The molecule has 1 aromatic rings. The summed E-state index contributed by atoms with van der Waals surface area (Å²) in [4.78, 5) is 28.6. The number of anilines is 1. The molecule has 0 radical (unpaired) electrons. The third kappa shape index (κ3) is 2.71. The summed E-state index contributed by atoms with van der Waals surface area (Å²) in [6, 6.07) is 0. The number of hydrogen-bond acceptors (Lipinski definition) is 5. The molecule has 1 atom stereocenters. The highest BCUT2D eigenvalue weighted by Gasteiger charge is 2.38. The maximum Gasteiger partial charge on any atom is 0.262 e. The van der Waals surface area contributed by atoms with Crippen LogP contribution in [0.5, 0.6) is 0 Å². The van der Waals surface area contributed by atoms with Crippen LogP contribution in [0.25, 0.3) is 0 Å². The lowest BCUT2D eigenvalue weighted by Gasteiger charge is -2.39. The Kier molecular flexibility index (Phi) is 4.64. The van der Waals surface area contributed by atoms with Crippen molar-refractivity contribution in [2.24, 2.45) is 5.73 Å². The molecule has 3 rings (SSSR count). The van der Waals surface area contributed by atoms with E-state index < -0.39 is 5.91 Å². The Morgan fingerprint density at radius 3 is 2.75 bits per heavy atom. The lowest BCUT2D eigenvalue weighted by Crippen LogP contribution is -2.46. The van der Waals surface area contributed by atoms with Gasteiger partial charge in [0.25, 0.3) is 11.8 Å². The molecular formula is C17H23N3O3S. The maximum absolute atomic E-state index is 12.8. The van der Waals surface area contributed by atoms with Crippen LogP contribution in [0, 0.1) is 6.92 Å². The van der Waals surface area contributed by atoms with Crippen molar-refractivity contribution in [1.82, 2.24) is 4.90 Å². The average molecular weight is 349 g/mol. The number of primary amides is 1. The molecule has 1 unspecified atom stereocenters. The Bertz CT molecular complexity index is 691. The number of nitrogens with two attached hydrogens (primary N) is 1. The molecule has 2 amide bonds. The number of carbonyl (C=O) groups excluding carboxylic acids is 2. The normalized spacial score (nSPS) is 21.2. The third-order valence-corrected chi connectivity index (χ3v) is 5.99. The highest BCUT2D eigenvalue weighted by atomic mass is 32.1. The smallest absolute Gasteiger partial charge is 0.262 e. The zero-order valence-electron chi connectivity index (χ0n) is 14.1. The number of amides is 2. The molecule has 6 nitrogen and oxygen atoms in total. The second kappa shape index (κ2) is 6.57. The molecule has 2 aliphatic rings. The van der Waals surface area contributed by atoms with Crippen molar-refractivity contribution in [3.05, 3.63) is 28.4 Å². The second-order valence-corrected chi connectivity index (χ2v) is 7.16. The Hall–Kier alpha value is -1.86. The number of carbonyl (C=O) groups is 2. The lowest BCUT2D eigenvalue weighted by molar-refractivity contribution is 0.0208. The second-order valence-electron chi connectivity index (χ2n) is 6.17. The summed E-state index contributed by atoms with van der Waals surface area (Å²) in [6.45, 7) is 9.74. The fourth-order valence-electron chi connectivity index (χ4n) is 3.36. The van der Waals surface area contributed by atoms with E-state index >= 15 is 0 Å². The standard InChI is InChI=1S/C17H23N3O3S/c1-4-19-11(3)20(9-12-7-5-6-8-23-12)17-13(16(19)22)10(2)14(24-17)15(18)21/h12H,3-9H2,1-2H3,(H2,18,21). The molecule has 0 bridgehead atoms. The van der Waals surface area contributed by atoms with Crippen LogP contribution in [-0.4, -0.2) is 42.5 Å². The zero-order valence-corrected chi connectivity index (χ0v) is 14.9. The van der Waals surface area contributed by atoms with Gasteiger partial charge in [-0.2, -0.15) is 0 Å². The number of ether oxygens (including phenoxy) is 1. The molecule has 1 saturated heterocycles. The first-order chi connectivity index (χ1) is 11.5. The van der Waals surface area contributed by atoms with Crippen LogP contribution in [0.4, 0.5) is 5.00 Å². The van der Waals surface area contributed by atoms with Crippen molar-refractivity contribution >= 4 is 28.2 Å². The molecule has 1 fully saturated rings. The minimum atomic E-state index is -0.498. The molecule has 1 aromatic heterocycles.